The standard InChI is InChI=1S/C24H28N6OS/c1-25-13-15-32(31)14-4-3-6-19(17-26-2)18-29-24-28-12-10-23(30-24)21-8-9-22-20(16-21)7-5-11-27-22/h3,5-12,16-17,25H,2,4,13-15,18H2,1H3,(H,28,29,30)/b6-3-,19-17+. The third-order valence-corrected chi connectivity index (χ3v) is 6.04. The number of allylic oxidation sites excluding steroid dienone is 1. The number of nitrogens with zero attached hydrogens (tertiary/aromatic N) is 4. The zero-order valence-corrected chi connectivity index (χ0v) is 19.0. The monoisotopic (exact) mass is 448 g/mol. The fourth-order valence-electron chi connectivity index (χ4n) is 3.04. The average molecular weight is 449 g/mol. The summed E-state index contributed by atoms with van der Waals surface area (Å²) in [5.74, 6) is 1.85. The van der Waals surface area contributed by atoms with Gasteiger partial charge in [0.15, 0.2) is 0 Å². The van der Waals surface area contributed by atoms with Gasteiger partial charge in [-0.25, -0.2) is 9.97 Å². The van der Waals surface area contributed by atoms with Crippen molar-refractivity contribution in [2.45, 2.75) is 6.42 Å². The molecule has 0 aliphatic rings. The Labute approximate surface area is 191 Å². The van der Waals surface area contributed by atoms with Crippen LogP contribution in [0.25, 0.3) is 22.2 Å². The van der Waals surface area contributed by atoms with E-state index in [-0.39, 0.29) is 0 Å². The highest BCUT2D eigenvalue weighted by Gasteiger charge is 2.05. The highest BCUT2D eigenvalue weighted by atomic mass is 32.2. The molecule has 1 aromatic carbocycles. The molecule has 1 atom stereocenters. The molecule has 32 heavy (non-hydrogen) atoms. The number of pyridine rings is 1. The van der Waals surface area contributed by atoms with Gasteiger partial charge < -0.3 is 10.6 Å². The predicted octanol–water partition coefficient (Wildman–Crippen LogP) is 3.60. The number of aliphatic imine (C=N–C) groups is 1. The molecule has 0 aliphatic heterocycles. The minimum absolute atomic E-state index is 0.503. The first-order valence-corrected chi connectivity index (χ1v) is 11.9. The molecule has 2 N–H and O–H groups in total. The molecule has 3 rings (SSSR count). The summed E-state index contributed by atoms with van der Waals surface area (Å²) in [5.41, 5.74) is 3.73. The van der Waals surface area contributed by atoms with Crippen molar-refractivity contribution in [3.05, 3.63) is 72.7 Å². The largest absolute Gasteiger partial charge is 0.350 e. The molecular formula is C24H28N6OS. The number of nitrogens with one attached hydrogen (secondary N) is 2. The van der Waals surface area contributed by atoms with E-state index in [1.807, 2.05) is 49.5 Å². The third kappa shape index (κ3) is 7.18. The van der Waals surface area contributed by atoms with E-state index < -0.39 is 10.8 Å². The lowest BCUT2D eigenvalue weighted by atomic mass is 10.1. The molecule has 1 unspecified atom stereocenters. The molecule has 0 spiro atoms. The van der Waals surface area contributed by atoms with Crippen LogP contribution < -0.4 is 10.6 Å². The van der Waals surface area contributed by atoms with Crippen LogP contribution in [0.2, 0.25) is 0 Å². The Morgan fingerprint density at radius 2 is 2.09 bits per heavy atom. The van der Waals surface area contributed by atoms with Crippen LogP contribution in [0.15, 0.2) is 77.7 Å². The maximum Gasteiger partial charge on any atom is 0.223 e. The van der Waals surface area contributed by atoms with Gasteiger partial charge in [0, 0.05) is 64.9 Å². The van der Waals surface area contributed by atoms with Crippen LogP contribution in [0.5, 0.6) is 0 Å². The van der Waals surface area contributed by atoms with Gasteiger partial charge in [0.2, 0.25) is 5.95 Å². The molecule has 0 aliphatic carbocycles. The Balaban J connectivity index is 1.60. The minimum atomic E-state index is -0.810. The van der Waals surface area contributed by atoms with Crippen LogP contribution in [-0.2, 0) is 10.8 Å². The molecular weight excluding hydrogens is 420 g/mol. The first-order chi connectivity index (χ1) is 15.7. The van der Waals surface area contributed by atoms with Crippen molar-refractivity contribution >= 4 is 34.4 Å². The quantitative estimate of drug-likeness (QED) is 0.325. The fourth-order valence-corrected chi connectivity index (χ4v) is 4.07. The molecule has 0 saturated heterocycles. The summed E-state index contributed by atoms with van der Waals surface area (Å²) in [7, 11) is 1.05. The van der Waals surface area contributed by atoms with Gasteiger partial charge in [0.1, 0.15) is 0 Å². The van der Waals surface area contributed by atoms with Crippen LogP contribution >= 0.6 is 0 Å². The lowest BCUT2D eigenvalue weighted by Gasteiger charge is -2.08. The van der Waals surface area contributed by atoms with Gasteiger partial charge in [-0.3, -0.25) is 14.2 Å². The maximum absolute atomic E-state index is 11.9. The number of fused-ring (bicyclic) bond motifs is 1. The highest BCUT2D eigenvalue weighted by molar-refractivity contribution is 7.85. The molecule has 8 heteroatoms. The molecule has 2 aromatic heterocycles. The maximum atomic E-state index is 11.9. The number of rotatable bonds is 12. The first kappa shape index (κ1) is 23.4. The van der Waals surface area contributed by atoms with Crippen LogP contribution in [0, 0.1) is 0 Å². The molecule has 2 heterocycles. The molecule has 0 bridgehead atoms. The van der Waals surface area contributed by atoms with Crippen LogP contribution in [-0.4, -0.2) is 57.5 Å². The van der Waals surface area contributed by atoms with Crippen molar-refractivity contribution < 1.29 is 4.21 Å². The van der Waals surface area contributed by atoms with Crippen molar-refractivity contribution in [2.24, 2.45) is 4.99 Å². The Morgan fingerprint density at radius 3 is 2.94 bits per heavy atom. The Morgan fingerprint density at radius 1 is 1.19 bits per heavy atom. The van der Waals surface area contributed by atoms with E-state index in [4.69, 9.17) is 0 Å². The second-order valence-electron chi connectivity index (χ2n) is 7.06. The molecule has 0 fully saturated rings. The average Bonchev–Trinajstić information content (AvgIpc) is 2.83. The van der Waals surface area contributed by atoms with Gasteiger partial charge in [-0.05, 0) is 50.0 Å². The van der Waals surface area contributed by atoms with E-state index in [1.165, 1.54) is 0 Å². The number of hydrogen-bond acceptors (Lipinski definition) is 7. The summed E-state index contributed by atoms with van der Waals surface area (Å²) < 4.78 is 11.9. The highest BCUT2D eigenvalue weighted by Crippen LogP contribution is 2.22. The zero-order valence-electron chi connectivity index (χ0n) is 18.2. The smallest absolute Gasteiger partial charge is 0.223 e. The molecule has 7 nitrogen and oxygen atoms in total. The van der Waals surface area contributed by atoms with E-state index >= 15 is 0 Å². The Bertz CT molecular complexity index is 1130. The predicted molar refractivity (Wildman–Crippen MR) is 134 cm³/mol. The van der Waals surface area contributed by atoms with Crippen molar-refractivity contribution in [2.75, 3.05) is 37.0 Å². The molecule has 0 radical (unpaired) electrons. The van der Waals surface area contributed by atoms with Crippen molar-refractivity contribution in [3.8, 4) is 11.3 Å². The van der Waals surface area contributed by atoms with Gasteiger partial charge in [0.25, 0.3) is 0 Å². The first-order valence-electron chi connectivity index (χ1n) is 10.4. The number of hydrogen-bond donors (Lipinski definition) is 2. The lowest BCUT2D eigenvalue weighted by Crippen LogP contribution is -2.16. The van der Waals surface area contributed by atoms with Gasteiger partial charge >= 0.3 is 0 Å². The van der Waals surface area contributed by atoms with E-state index in [2.05, 4.69) is 43.4 Å². The molecule has 0 amide bonds. The number of anilines is 1. The second-order valence-corrected chi connectivity index (χ2v) is 8.76. The Kier molecular flexibility index (Phi) is 9.21. The topological polar surface area (TPSA) is 92.2 Å². The van der Waals surface area contributed by atoms with Gasteiger partial charge in [-0.15, -0.1) is 0 Å². The third-order valence-electron chi connectivity index (χ3n) is 4.69. The van der Waals surface area contributed by atoms with Crippen LogP contribution in [0.1, 0.15) is 6.42 Å². The van der Waals surface area contributed by atoms with Crippen molar-refractivity contribution in [1.29, 1.82) is 0 Å². The summed E-state index contributed by atoms with van der Waals surface area (Å²) in [5, 5.41) is 7.33. The number of benzene rings is 1. The van der Waals surface area contributed by atoms with Crippen molar-refractivity contribution in [1.82, 2.24) is 20.3 Å². The molecule has 0 saturated carbocycles. The van der Waals surface area contributed by atoms with Gasteiger partial charge in [-0.2, -0.15) is 0 Å². The van der Waals surface area contributed by atoms with E-state index in [1.54, 1.807) is 18.6 Å². The summed E-state index contributed by atoms with van der Waals surface area (Å²) in [6.45, 7) is 4.81. The Hall–Kier alpha value is -3.23. The van der Waals surface area contributed by atoms with Crippen molar-refractivity contribution in [3.63, 3.8) is 0 Å². The normalized spacial score (nSPS) is 12.8. The summed E-state index contributed by atoms with van der Waals surface area (Å²) in [6, 6.07) is 11.9. The van der Waals surface area contributed by atoms with E-state index in [0.29, 0.717) is 24.0 Å². The van der Waals surface area contributed by atoms with E-state index in [9.17, 15) is 4.21 Å². The SMILES string of the molecule is C=N/C=C(\C=C/CCS(=O)CCNC)CNc1nccc(-c2ccc3ncccc3c2)n1. The van der Waals surface area contributed by atoms with Crippen LogP contribution in [0.4, 0.5) is 5.95 Å². The fraction of sp³-hybridized carbons (Fsp3) is 0.250. The van der Waals surface area contributed by atoms with E-state index in [0.717, 1.165) is 40.7 Å². The summed E-state index contributed by atoms with van der Waals surface area (Å²) in [4.78, 5) is 17.2. The number of aromatic nitrogens is 3. The summed E-state index contributed by atoms with van der Waals surface area (Å²) >= 11 is 0. The summed E-state index contributed by atoms with van der Waals surface area (Å²) in [6.07, 6.45) is 9.95. The van der Waals surface area contributed by atoms with Crippen LogP contribution in [0.3, 0.4) is 0 Å². The van der Waals surface area contributed by atoms with Gasteiger partial charge in [-0.1, -0.05) is 24.3 Å². The lowest BCUT2D eigenvalue weighted by molar-refractivity contribution is 0.680. The minimum Gasteiger partial charge on any atom is -0.350 e. The zero-order chi connectivity index (χ0) is 22.6. The second kappa shape index (κ2) is 12.6. The van der Waals surface area contributed by atoms with Gasteiger partial charge in [0.05, 0.1) is 11.2 Å². The molecule has 166 valence electrons. The molecule has 3 aromatic rings.